The molecule has 3 rings (SSSR count). The van der Waals surface area contributed by atoms with Crippen molar-refractivity contribution in [3.8, 4) is 27.3 Å². The van der Waals surface area contributed by atoms with E-state index in [1.807, 2.05) is 36.4 Å². The van der Waals surface area contributed by atoms with E-state index in [0.717, 1.165) is 26.4 Å². The number of hydrogen-bond donors (Lipinski definition) is 0. The highest BCUT2D eigenvalue weighted by Gasteiger charge is 2.08. The van der Waals surface area contributed by atoms with Gasteiger partial charge in [-0.2, -0.15) is 0 Å². The van der Waals surface area contributed by atoms with Gasteiger partial charge in [0.1, 0.15) is 12.4 Å². The van der Waals surface area contributed by atoms with Gasteiger partial charge >= 0.3 is 11.9 Å². The minimum absolute atomic E-state index is 0.158. The zero-order chi connectivity index (χ0) is 23.1. The first kappa shape index (κ1) is 23.0. The first-order valence-electron chi connectivity index (χ1n) is 9.91. The molecule has 2 aromatic carbocycles. The minimum Gasteiger partial charge on any atom is -0.457 e. The van der Waals surface area contributed by atoms with E-state index in [2.05, 4.69) is 37.4 Å². The van der Waals surface area contributed by atoms with Crippen LogP contribution in [-0.4, -0.2) is 18.7 Å². The average molecular weight is 449 g/mol. The zero-order valence-electron chi connectivity index (χ0n) is 18.1. The molecule has 0 fully saturated rings. The summed E-state index contributed by atoms with van der Waals surface area (Å²) in [5.74, 6) is -0.251. The summed E-state index contributed by atoms with van der Waals surface area (Å²) in [5, 5.41) is 0. The molecule has 164 valence electrons. The topological polar surface area (TPSA) is 61.8 Å². The van der Waals surface area contributed by atoms with E-state index in [1.54, 1.807) is 25.2 Å². The molecule has 0 aliphatic rings. The highest BCUT2D eigenvalue weighted by Crippen LogP contribution is 2.31. The number of ether oxygens (including phenoxy) is 3. The van der Waals surface area contributed by atoms with Crippen LogP contribution >= 0.6 is 11.3 Å². The molecule has 1 aromatic heterocycles. The van der Waals surface area contributed by atoms with Gasteiger partial charge in [-0.15, -0.1) is 11.3 Å². The van der Waals surface area contributed by atoms with Crippen LogP contribution < -0.4 is 4.74 Å². The summed E-state index contributed by atoms with van der Waals surface area (Å²) in [7, 11) is 0. The standard InChI is InChI=1S/C26H24O5S/c1-17(2)25(27)29-15-23-13-14-24(32-23)21-7-5-19(6-8-21)20-9-11-22(12-10-20)30-16-31-26(28)18(3)4/h5-14H,1,3,15-16H2,2,4H3. The maximum atomic E-state index is 11.5. The minimum atomic E-state index is -0.479. The van der Waals surface area contributed by atoms with Crippen LogP contribution in [0.25, 0.3) is 21.6 Å². The van der Waals surface area contributed by atoms with Crippen molar-refractivity contribution in [3.63, 3.8) is 0 Å². The lowest BCUT2D eigenvalue weighted by atomic mass is 10.0. The number of benzene rings is 2. The van der Waals surface area contributed by atoms with Crippen molar-refractivity contribution in [2.24, 2.45) is 0 Å². The fourth-order valence-electron chi connectivity index (χ4n) is 2.72. The largest absolute Gasteiger partial charge is 0.457 e. The molecule has 0 saturated carbocycles. The van der Waals surface area contributed by atoms with Gasteiger partial charge < -0.3 is 14.2 Å². The molecule has 0 amide bonds. The Morgan fingerprint density at radius 3 is 1.88 bits per heavy atom. The smallest absolute Gasteiger partial charge is 0.335 e. The molecule has 6 heteroatoms. The van der Waals surface area contributed by atoms with Gasteiger partial charge in [-0.25, -0.2) is 9.59 Å². The summed E-state index contributed by atoms with van der Waals surface area (Å²) in [6.07, 6.45) is 0. The van der Waals surface area contributed by atoms with Gasteiger partial charge in [0.05, 0.1) is 0 Å². The molecule has 0 aliphatic carbocycles. The van der Waals surface area contributed by atoms with Gasteiger partial charge in [-0.05, 0) is 54.8 Å². The fourth-order valence-corrected chi connectivity index (χ4v) is 3.64. The Bertz CT molecular complexity index is 1120. The van der Waals surface area contributed by atoms with Crippen molar-refractivity contribution in [3.05, 3.63) is 89.8 Å². The molecule has 1 heterocycles. The Kier molecular flexibility index (Phi) is 7.63. The van der Waals surface area contributed by atoms with Crippen molar-refractivity contribution < 1.29 is 23.8 Å². The van der Waals surface area contributed by atoms with E-state index in [9.17, 15) is 9.59 Å². The van der Waals surface area contributed by atoms with E-state index in [4.69, 9.17) is 14.2 Å². The molecule has 5 nitrogen and oxygen atoms in total. The Labute approximate surface area is 191 Å². The van der Waals surface area contributed by atoms with Gasteiger partial charge in [-0.1, -0.05) is 49.6 Å². The number of thiophene rings is 1. The molecule has 0 radical (unpaired) electrons. The number of rotatable bonds is 9. The van der Waals surface area contributed by atoms with Crippen LogP contribution in [0.2, 0.25) is 0 Å². The lowest BCUT2D eigenvalue weighted by molar-refractivity contribution is -0.145. The SMILES string of the molecule is C=C(C)C(=O)OCOc1ccc(-c2ccc(-c3ccc(COC(=O)C(=C)C)s3)cc2)cc1. The lowest BCUT2D eigenvalue weighted by Gasteiger charge is -2.08. The van der Waals surface area contributed by atoms with Crippen LogP contribution in [0.4, 0.5) is 0 Å². The van der Waals surface area contributed by atoms with E-state index in [-0.39, 0.29) is 19.4 Å². The Hall–Kier alpha value is -3.64. The summed E-state index contributed by atoms with van der Waals surface area (Å²) in [6, 6.07) is 19.8. The van der Waals surface area contributed by atoms with Crippen molar-refractivity contribution in [1.29, 1.82) is 0 Å². The molecule has 0 spiro atoms. The molecule has 0 bridgehead atoms. The van der Waals surface area contributed by atoms with E-state index < -0.39 is 5.97 Å². The average Bonchev–Trinajstić information content (AvgIpc) is 3.27. The van der Waals surface area contributed by atoms with Gasteiger partial charge in [-0.3, -0.25) is 0 Å². The second kappa shape index (κ2) is 10.6. The normalized spacial score (nSPS) is 10.3. The maximum absolute atomic E-state index is 11.5. The molecular formula is C26H24O5S. The zero-order valence-corrected chi connectivity index (χ0v) is 18.9. The molecule has 0 saturated heterocycles. The lowest BCUT2D eigenvalue weighted by Crippen LogP contribution is -2.10. The predicted molar refractivity (Wildman–Crippen MR) is 126 cm³/mol. The Morgan fingerprint density at radius 2 is 1.28 bits per heavy atom. The Balaban J connectivity index is 1.58. The van der Waals surface area contributed by atoms with Crippen molar-refractivity contribution in [2.45, 2.75) is 20.5 Å². The molecule has 3 aromatic rings. The van der Waals surface area contributed by atoms with Gasteiger partial charge in [0.15, 0.2) is 0 Å². The second-order valence-corrected chi connectivity index (χ2v) is 8.37. The van der Waals surface area contributed by atoms with Crippen LogP contribution in [0, 0.1) is 0 Å². The van der Waals surface area contributed by atoms with Gasteiger partial charge in [0.2, 0.25) is 6.79 Å². The number of esters is 2. The summed E-state index contributed by atoms with van der Waals surface area (Å²) in [5.41, 5.74) is 3.93. The third-order valence-corrected chi connectivity index (χ3v) is 5.58. The van der Waals surface area contributed by atoms with Crippen LogP contribution in [-0.2, 0) is 25.7 Å². The van der Waals surface area contributed by atoms with Crippen LogP contribution in [0.1, 0.15) is 18.7 Å². The second-order valence-electron chi connectivity index (χ2n) is 7.20. The highest BCUT2D eigenvalue weighted by molar-refractivity contribution is 7.15. The van der Waals surface area contributed by atoms with Crippen molar-refractivity contribution in [2.75, 3.05) is 6.79 Å². The molecule has 0 unspecified atom stereocenters. The first-order chi connectivity index (χ1) is 15.3. The first-order valence-corrected chi connectivity index (χ1v) is 10.7. The molecule has 0 N–H and O–H groups in total. The maximum Gasteiger partial charge on any atom is 0.335 e. The van der Waals surface area contributed by atoms with Gasteiger partial charge in [0, 0.05) is 20.9 Å². The summed E-state index contributed by atoms with van der Waals surface area (Å²) in [6.45, 7) is 10.4. The third-order valence-electron chi connectivity index (χ3n) is 4.48. The van der Waals surface area contributed by atoms with Crippen LogP contribution in [0.5, 0.6) is 5.75 Å². The van der Waals surface area contributed by atoms with Crippen LogP contribution in [0.15, 0.2) is 85.0 Å². The molecular weight excluding hydrogens is 424 g/mol. The number of carbonyl (C=O) groups excluding carboxylic acids is 2. The summed E-state index contributed by atoms with van der Waals surface area (Å²) < 4.78 is 15.6. The molecule has 0 aliphatic heterocycles. The van der Waals surface area contributed by atoms with E-state index >= 15 is 0 Å². The Morgan fingerprint density at radius 1 is 0.750 bits per heavy atom. The highest BCUT2D eigenvalue weighted by atomic mass is 32.1. The quantitative estimate of drug-likeness (QED) is 0.223. The number of hydrogen-bond acceptors (Lipinski definition) is 6. The van der Waals surface area contributed by atoms with Crippen molar-refractivity contribution >= 4 is 23.3 Å². The van der Waals surface area contributed by atoms with Crippen molar-refractivity contribution in [1.82, 2.24) is 0 Å². The summed E-state index contributed by atoms with van der Waals surface area (Å²) in [4.78, 5) is 25.0. The molecule has 32 heavy (non-hydrogen) atoms. The molecule has 0 atom stereocenters. The third kappa shape index (κ3) is 6.18. The predicted octanol–water partition coefficient (Wildman–Crippen LogP) is 6.16. The van der Waals surface area contributed by atoms with E-state index in [0.29, 0.717) is 16.9 Å². The fraction of sp³-hybridized carbons (Fsp3) is 0.154. The van der Waals surface area contributed by atoms with Crippen LogP contribution in [0.3, 0.4) is 0 Å². The monoisotopic (exact) mass is 448 g/mol. The number of carbonyl (C=O) groups is 2. The summed E-state index contributed by atoms with van der Waals surface area (Å²) >= 11 is 1.59. The van der Waals surface area contributed by atoms with Gasteiger partial charge in [0.25, 0.3) is 0 Å². The van der Waals surface area contributed by atoms with E-state index in [1.165, 1.54) is 0 Å².